The molecule has 6 nitrogen and oxygen atoms in total. The van der Waals surface area contributed by atoms with Crippen molar-refractivity contribution in [2.75, 3.05) is 5.32 Å². The average molecular weight is 360 g/mol. The number of halogens is 1. The first-order chi connectivity index (χ1) is 13.2. The number of aryl methyl sites for hydroxylation is 1. The molecule has 0 aliphatic rings. The highest BCUT2D eigenvalue weighted by Crippen LogP contribution is 2.29. The fourth-order valence-corrected chi connectivity index (χ4v) is 2.71. The molecule has 3 aromatic heterocycles. The first-order valence-corrected chi connectivity index (χ1v) is 8.49. The summed E-state index contributed by atoms with van der Waals surface area (Å²) in [6, 6.07) is 15.8. The Morgan fingerprint density at radius 3 is 2.70 bits per heavy atom. The molecule has 0 aliphatic heterocycles. The van der Waals surface area contributed by atoms with Gasteiger partial charge in [-0.1, -0.05) is 18.2 Å². The number of imidazole rings is 1. The molecular weight excluding hydrogens is 343 g/mol. The molecule has 0 fully saturated rings. The van der Waals surface area contributed by atoms with Crippen molar-refractivity contribution in [2.45, 2.75) is 13.5 Å². The molecule has 3 heterocycles. The van der Waals surface area contributed by atoms with E-state index < -0.39 is 0 Å². The van der Waals surface area contributed by atoms with E-state index in [1.54, 1.807) is 12.3 Å². The molecular formula is C20H17FN6. The maximum absolute atomic E-state index is 13.7. The number of hydrogen-bond donors (Lipinski definition) is 2. The molecule has 4 rings (SSSR count). The quantitative estimate of drug-likeness (QED) is 0.563. The second-order valence-electron chi connectivity index (χ2n) is 6.05. The lowest BCUT2D eigenvalue weighted by Gasteiger charge is -2.02. The van der Waals surface area contributed by atoms with Gasteiger partial charge in [0, 0.05) is 11.8 Å². The summed E-state index contributed by atoms with van der Waals surface area (Å²) in [5.74, 6) is 1.04. The fraction of sp³-hybridized carbons (Fsp3) is 0.100. The Labute approximate surface area is 155 Å². The average Bonchev–Trinajstić information content (AvgIpc) is 3.13. The van der Waals surface area contributed by atoms with Gasteiger partial charge in [-0.3, -0.25) is 4.98 Å². The summed E-state index contributed by atoms with van der Waals surface area (Å²) in [5, 5.41) is 11.3. The third-order valence-corrected chi connectivity index (χ3v) is 4.01. The van der Waals surface area contributed by atoms with E-state index >= 15 is 0 Å². The normalized spacial score (nSPS) is 10.7. The van der Waals surface area contributed by atoms with Crippen molar-refractivity contribution in [1.29, 1.82) is 0 Å². The number of benzene rings is 1. The van der Waals surface area contributed by atoms with Crippen LogP contribution in [-0.4, -0.2) is 25.1 Å². The van der Waals surface area contributed by atoms with E-state index in [1.165, 1.54) is 12.1 Å². The maximum Gasteiger partial charge on any atom is 0.149 e. The second kappa shape index (κ2) is 7.33. The van der Waals surface area contributed by atoms with Crippen molar-refractivity contribution < 1.29 is 4.39 Å². The summed E-state index contributed by atoms with van der Waals surface area (Å²) in [4.78, 5) is 12.3. The second-order valence-corrected chi connectivity index (χ2v) is 6.05. The molecule has 27 heavy (non-hydrogen) atoms. The SMILES string of the molecule is Cc1ccc(NCc2nc(-c3cccc(F)c3)c(-c3ccccn3)[nH]2)nn1. The smallest absolute Gasteiger partial charge is 0.149 e. The third kappa shape index (κ3) is 3.82. The van der Waals surface area contributed by atoms with E-state index in [1.807, 2.05) is 43.3 Å². The number of hydrogen-bond acceptors (Lipinski definition) is 5. The Balaban J connectivity index is 1.68. The van der Waals surface area contributed by atoms with Gasteiger partial charge in [-0.15, -0.1) is 5.10 Å². The highest BCUT2D eigenvalue weighted by atomic mass is 19.1. The van der Waals surface area contributed by atoms with Crippen LogP contribution in [0, 0.1) is 12.7 Å². The Bertz CT molecular complexity index is 1040. The van der Waals surface area contributed by atoms with Gasteiger partial charge < -0.3 is 10.3 Å². The summed E-state index contributed by atoms with van der Waals surface area (Å²) in [6.45, 7) is 2.31. The van der Waals surface area contributed by atoms with Crippen LogP contribution in [0.3, 0.4) is 0 Å². The maximum atomic E-state index is 13.7. The number of aromatic amines is 1. The molecule has 0 amide bonds. The van der Waals surface area contributed by atoms with E-state index in [0.717, 1.165) is 17.1 Å². The summed E-state index contributed by atoms with van der Waals surface area (Å²) < 4.78 is 13.7. The van der Waals surface area contributed by atoms with Crippen LogP contribution < -0.4 is 5.32 Å². The zero-order valence-corrected chi connectivity index (χ0v) is 14.6. The molecule has 2 N–H and O–H groups in total. The van der Waals surface area contributed by atoms with Crippen LogP contribution in [-0.2, 0) is 6.54 Å². The van der Waals surface area contributed by atoms with Crippen molar-refractivity contribution in [3.8, 4) is 22.6 Å². The van der Waals surface area contributed by atoms with Crippen molar-refractivity contribution in [1.82, 2.24) is 25.1 Å². The summed E-state index contributed by atoms with van der Waals surface area (Å²) in [7, 11) is 0. The number of H-pyrrole nitrogens is 1. The van der Waals surface area contributed by atoms with Gasteiger partial charge in [0.05, 0.1) is 29.3 Å². The lowest BCUT2D eigenvalue weighted by Crippen LogP contribution is -2.04. The zero-order chi connectivity index (χ0) is 18.6. The van der Waals surface area contributed by atoms with Gasteiger partial charge in [0.1, 0.15) is 17.5 Å². The Morgan fingerprint density at radius 2 is 1.96 bits per heavy atom. The monoisotopic (exact) mass is 360 g/mol. The van der Waals surface area contributed by atoms with Gasteiger partial charge in [-0.2, -0.15) is 5.10 Å². The van der Waals surface area contributed by atoms with Gasteiger partial charge >= 0.3 is 0 Å². The van der Waals surface area contributed by atoms with Crippen LogP contribution in [0.25, 0.3) is 22.6 Å². The minimum atomic E-state index is -0.308. The number of nitrogens with one attached hydrogen (secondary N) is 2. The van der Waals surface area contributed by atoms with Crippen LogP contribution in [0.2, 0.25) is 0 Å². The van der Waals surface area contributed by atoms with E-state index in [9.17, 15) is 4.39 Å². The van der Waals surface area contributed by atoms with Crippen LogP contribution in [0.4, 0.5) is 10.2 Å². The Morgan fingerprint density at radius 1 is 1.04 bits per heavy atom. The van der Waals surface area contributed by atoms with E-state index in [-0.39, 0.29) is 5.82 Å². The van der Waals surface area contributed by atoms with Gasteiger partial charge in [-0.25, -0.2) is 9.37 Å². The lowest BCUT2D eigenvalue weighted by molar-refractivity contribution is 0.628. The Hall–Kier alpha value is -3.61. The molecule has 4 aromatic rings. The van der Waals surface area contributed by atoms with Crippen LogP contribution in [0.15, 0.2) is 60.8 Å². The van der Waals surface area contributed by atoms with E-state index in [2.05, 4.69) is 30.5 Å². The summed E-state index contributed by atoms with van der Waals surface area (Å²) in [5.41, 5.74) is 3.68. The van der Waals surface area contributed by atoms with Gasteiger partial charge in [0.25, 0.3) is 0 Å². The molecule has 134 valence electrons. The Kier molecular flexibility index (Phi) is 4.57. The van der Waals surface area contributed by atoms with E-state index in [0.29, 0.717) is 29.4 Å². The minimum absolute atomic E-state index is 0.308. The van der Waals surface area contributed by atoms with Crippen LogP contribution in [0.5, 0.6) is 0 Å². The van der Waals surface area contributed by atoms with Crippen molar-refractivity contribution in [3.05, 3.63) is 78.1 Å². The molecule has 0 bridgehead atoms. The first kappa shape index (κ1) is 16.8. The van der Waals surface area contributed by atoms with Crippen LogP contribution >= 0.6 is 0 Å². The fourth-order valence-electron chi connectivity index (χ4n) is 2.71. The van der Waals surface area contributed by atoms with Crippen molar-refractivity contribution >= 4 is 5.82 Å². The number of anilines is 1. The molecule has 0 saturated carbocycles. The molecule has 0 spiro atoms. The van der Waals surface area contributed by atoms with Gasteiger partial charge in [-0.05, 0) is 43.3 Å². The molecule has 0 radical (unpaired) electrons. The number of aromatic nitrogens is 5. The largest absolute Gasteiger partial charge is 0.361 e. The third-order valence-electron chi connectivity index (χ3n) is 4.01. The van der Waals surface area contributed by atoms with Gasteiger partial charge in [0.2, 0.25) is 0 Å². The number of pyridine rings is 1. The van der Waals surface area contributed by atoms with Crippen molar-refractivity contribution in [2.24, 2.45) is 0 Å². The predicted molar refractivity (Wildman–Crippen MR) is 101 cm³/mol. The molecule has 0 atom stereocenters. The zero-order valence-electron chi connectivity index (χ0n) is 14.6. The standard InChI is InChI=1S/C20H17FN6/c1-13-8-9-17(27-26-13)23-12-18-24-19(14-5-4-6-15(21)11-14)20(25-18)16-7-2-3-10-22-16/h2-11H,12H2,1H3,(H,23,27)(H,24,25). The minimum Gasteiger partial charge on any atom is -0.361 e. The van der Waals surface area contributed by atoms with Gasteiger partial charge in [0.15, 0.2) is 0 Å². The van der Waals surface area contributed by atoms with Crippen LogP contribution in [0.1, 0.15) is 11.5 Å². The van der Waals surface area contributed by atoms with Crippen molar-refractivity contribution in [3.63, 3.8) is 0 Å². The predicted octanol–water partition coefficient (Wildman–Crippen LogP) is 3.99. The summed E-state index contributed by atoms with van der Waals surface area (Å²) in [6.07, 6.45) is 1.71. The molecule has 0 unspecified atom stereocenters. The highest BCUT2D eigenvalue weighted by molar-refractivity contribution is 5.76. The molecule has 0 saturated heterocycles. The lowest BCUT2D eigenvalue weighted by atomic mass is 10.1. The number of nitrogens with zero attached hydrogens (tertiary/aromatic N) is 4. The van der Waals surface area contributed by atoms with E-state index in [4.69, 9.17) is 0 Å². The molecule has 1 aromatic carbocycles. The number of rotatable bonds is 5. The molecule has 7 heteroatoms. The molecule has 0 aliphatic carbocycles. The highest BCUT2D eigenvalue weighted by Gasteiger charge is 2.15. The topological polar surface area (TPSA) is 79.4 Å². The first-order valence-electron chi connectivity index (χ1n) is 8.49. The summed E-state index contributed by atoms with van der Waals surface area (Å²) >= 11 is 0.